The Morgan fingerprint density at radius 2 is 2.20 bits per heavy atom. The molecule has 0 radical (unpaired) electrons. The van der Waals surface area contributed by atoms with Crippen molar-refractivity contribution in [3.8, 4) is 11.5 Å². The first-order valence-electron chi connectivity index (χ1n) is 7.08. The Kier molecular flexibility index (Phi) is 4.17. The van der Waals surface area contributed by atoms with Crippen molar-refractivity contribution in [3.05, 3.63) is 34.1 Å². The van der Waals surface area contributed by atoms with E-state index in [1.165, 1.54) is 19.3 Å². The van der Waals surface area contributed by atoms with Crippen molar-refractivity contribution in [2.24, 2.45) is 0 Å². The molecule has 2 heterocycles. The van der Waals surface area contributed by atoms with E-state index in [4.69, 9.17) is 4.52 Å². The second-order valence-electron chi connectivity index (χ2n) is 5.23. The van der Waals surface area contributed by atoms with Crippen molar-refractivity contribution in [1.29, 1.82) is 0 Å². The van der Waals surface area contributed by atoms with Gasteiger partial charge in [0.15, 0.2) is 5.82 Å². The molecule has 0 amide bonds. The van der Waals surface area contributed by atoms with Gasteiger partial charge in [-0.05, 0) is 44.0 Å². The number of hydrogen-bond donors (Lipinski definition) is 1. The highest BCUT2D eigenvalue weighted by Gasteiger charge is 2.20. The molecule has 1 unspecified atom stereocenters. The third-order valence-corrected chi connectivity index (χ3v) is 4.67. The zero-order chi connectivity index (χ0) is 13.9. The molecule has 1 aliphatic rings. The summed E-state index contributed by atoms with van der Waals surface area (Å²) >= 11 is 3.53. The van der Waals surface area contributed by atoms with Gasteiger partial charge in [-0.25, -0.2) is 0 Å². The summed E-state index contributed by atoms with van der Waals surface area (Å²) in [5.74, 6) is 1.38. The van der Waals surface area contributed by atoms with E-state index < -0.39 is 0 Å². The smallest absolute Gasteiger partial charge is 0.258 e. The Bertz CT molecular complexity index is 589. The Balaban J connectivity index is 1.87. The van der Waals surface area contributed by atoms with E-state index in [1.807, 2.05) is 25.1 Å². The van der Waals surface area contributed by atoms with Gasteiger partial charge in [-0.1, -0.05) is 40.0 Å². The van der Waals surface area contributed by atoms with Gasteiger partial charge < -0.3 is 9.84 Å². The molecule has 0 spiro atoms. The van der Waals surface area contributed by atoms with Crippen LogP contribution in [0.2, 0.25) is 0 Å². The van der Waals surface area contributed by atoms with Crippen LogP contribution in [0.1, 0.15) is 43.1 Å². The van der Waals surface area contributed by atoms with Gasteiger partial charge in [-0.2, -0.15) is 4.98 Å². The standard InChI is InChI=1S/C15H18BrN3O/c1-10-11(6-5-7-12(10)16)15-18-14(19-20-15)13-8-3-2-4-9-17-13/h5-7,13,17H,2-4,8-9H2,1H3. The van der Waals surface area contributed by atoms with E-state index in [2.05, 4.69) is 31.4 Å². The van der Waals surface area contributed by atoms with Crippen LogP contribution in [0.25, 0.3) is 11.5 Å². The average Bonchev–Trinajstić information content (AvgIpc) is 2.77. The second kappa shape index (κ2) is 6.06. The van der Waals surface area contributed by atoms with Crippen LogP contribution in [0.15, 0.2) is 27.2 Å². The molecule has 1 atom stereocenters. The van der Waals surface area contributed by atoms with Crippen molar-refractivity contribution in [3.63, 3.8) is 0 Å². The lowest BCUT2D eigenvalue weighted by Crippen LogP contribution is -2.21. The SMILES string of the molecule is Cc1c(Br)cccc1-c1nc(C2CCCCCN2)no1. The summed E-state index contributed by atoms with van der Waals surface area (Å²) in [6.45, 7) is 3.08. The fraction of sp³-hybridized carbons (Fsp3) is 0.467. The number of rotatable bonds is 2. The molecular formula is C15H18BrN3O. The minimum atomic E-state index is 0.224. The molecular weight excluding hydrogens is 318 g/mol. The van der Waals surface area contributed by atoms with Gasteiger partial charge in [0, 0.05) is 10.0 Å². The van der Waals surface area contributed by atoms with Crippen LogP contribution >= 0.6 is 15.9 Å². The molecule has 20 heavy (non-hydrogen) atoms. The summed E-state index contributed by atoms with van der Waals surface area (Å²) in [6, 6.07) is 6.24. The minimum absolute atomic E-state index is 0.224. The van der Waals surface area contributed by atoms with Crippen LogP contribution < -0.4 is 5.32 Å². The predicted molar refractivity (Wildman–Crippen MR) is 81.4 cm³/mol. The molecule has 5 heteroatoms. The third-order valence-electron chi connectivity index (χ3n) is 3.81. The van der Waals surface area contributed by atoms with Gasteiger partial charge in [0.1, 0.15) is 0 Å². The maximum absolute atomic E-state index is 5.46. The first-order chi connectivity index (χ1) is 9.75. The van der Waals surface area contributed by atoms with Gasteiger partial charge in [-0.3, -0.25) is 0 Å². The number of halogens is 1. The first kappa shape index (κ1) is 13.8. The quantitative estimate of drug-likeness (QED) is 0.900. The highest BCUT2D eigenvalue weighted by molar-refractivity contribution is 9.10. The maximum atomic E-state index is 5.46. The van der Waals surface area contributed by atoms with Crippen LogP contribution in [0.5, 0.6) is 0 Å². The van der Waals surface area contributed by atoms with E-state index in [-0.39, 0.29) is 6.04 Å². The van der Waals surface area contributed by atoms with Gasteiger partial charge in [0.05, 0.1) is 6.04 Å². The number of hydrogen-bond acceptors (Lipinski definition) is 4. The van der Waals surface area contributed by atoms with Crippen molar-refractivity contribution >= 4 is 15.9 Å². The third kappa shape index (κ3) is 2.79. The van der Waals surface area contributed by atoms with E-state index in [9.17, 15) is 0 Å². The average molecular weight is 336 g/mol. The molecule has 0 bridgehead atoms. The molecule has 1 N–H and O–H groups in total. The lowest BCUT2D eigenvalue weighted by Gasteiger charge is -2.10. The van der Waals surface area contributed by atoms with E-state index in [0.717, 1.165) is 34.4 Å². The Morgan fingerprint density at radius 3 is 3.10 bits per heavy atom. The van der Waals surface area contributed by atoms with E-state index >= 15 is 0 Å². The van der Waals surface area contributed by atoms with Gasteiger partial charge in [-0.15, -0.1) is 0 Å². The molecule has 1 aromatic carbocycles. The van der Waals surface area contributed by atoms with E-state index in [0.29, 0.717) is 5.89 Å². The lowest BCUT2D eigenvalue weighted by atomic mass is 10.1. The first-order valence-corrected chi connectivity index (χ1v) is 7.87. The highest BCUT2D eigenvalue weighted by atomic mass is 79.9. The lowest BCUT2D eigenvalue weighted by molar-refractivity contribution is 0.402. The number of nitrogens with zero attached hydrogens (tertiary/aromatic N) is 2. The molecule has 0 aliphatic carbocycles. The minimum Gasteiger partial charge on any atom is -0.334 e. The summed E-state index contributed by atoms with van der Waals surface area (Å²) in [6.07, 6.45) is 4.80. The summed E-state index contributed by atoms with van der Waals surface area (Å²) in [7, 11) is 0. The van der Waals surface area contributed by atoms with Gasteiger partial charge >= 0.3 is 0 Å². The van der Waals surface area contributed by atoms with Crippen molar-refractivity contribution in [1.82, 2.24) is 15.5 Å². The Hall–Kier alpha value is -1.20. The molecule has 0 saturated carbocycles. The topological polar surface area (TPSA) is 51.0 Å². The molecule has 1 aliphatic heterocycles. The van der Waals surface area contributed by atoms with Crippen LogP contribution in [-0.2, 0) is 0 Å². The molecule has 2 aromatic rings. The number of benzene rings is 1. The number of aromatic nitrogens is 2. The maximum Gasteiger partial charge on any atom is 0.258 e. The second-order valence-corrected chi connectivity index (χ2v) is 6.08. The molecule has 1 fully saturated rings. The zero-order valence-corrected chi connectivity index (χ0v) is 13.1. The number of nitrogens with one attached hydrogen (secondary N) is 1. The molecule has 1 saturated heterocycles. The largest absolute Gasteiger partial charge is 0.334 e. The van der Waals surface area contributed by atoms with Crippen molar-refractivity contribution < 1.29 is 4.52 Å². The molecule has 106 valence electrons. The molecule has 4 nitrogen and oxygen atoms in total. The van der Waals surface area contributed by atoms with Crippen molar-refractivity contribution in [2.45, 2.75) is 38.6 Å². The Labute approximate surface area is 127 Å². The van der Waals surface area contributed by atoms with Crippen LogP contribution in [0.3, 0.4) is 0 Å². The monoisotopic (exact) mass is 335 g/mol. The van der Waals surface area contributed by atoms with Gasteiger partial charge in [0.25, 0.3) is 5.89 Å². The fourth-order valence-electron chi connectivity index (χ4n) is 2.57. The summed E-state index contributed by atoms with van der Waals surface area (Å²) in [5, 5.41) is 7.66. The normalized spacial score (nSPS) is 19.8. The molecule has 3 rings (SSSR count). The zero-order valence-electron chi connectivity index (χ0n) is 11.5. The fourth-order valence-corrected chi connectivity index (χ4v) is 2.94. The summed E-state index contributed by atoms with van der Waals surface area (Å²) in [5.41, 5.74) is 2.11. The Morgan fingerprint density at radius 1 is 1.30 bits per heavy atom. The van der Waals surface area contributed by atoms with Crippen LogP contribution in [-0.4, -0.2) is 16.7 Å². The van der Waals surface area contributed by atoms with Crippen LogP contribution in [0, 0.1) is 6.92 Å². The van der Waals surface area contributed by atoms with Gasteiger partial charge in [0.2, 0.25) is 0 Å². The highest BCUT2D eigenvalue weighted by Crippen LogP contribution is 2.29. The summed E-state index contributed by atoms with van der Waals surface area (Å²) < 4.78 is 6.52. The molecule has 1 aromatic heterocycles. The summed E-state index contributed by atoms with van der Waals surface area (Å²) in [4.78, 5) is 4.59. The van der Waals surface area contributed by atoms with E-state index in [1.54, 1.807) is 0 Å². The van der Waals surface area contributed by atoms with Crippen LogP contribution in [0.4, 0.5) is 0 Å². The predicted octanol–water partition coefficient (Wildman–Crippen LogP) is 4.01. The van der Waals surface area contributed by atoms with Crippen molar-refractivity contribution in [2.75, 3.05) is 6.54 Å².